The second-order valence-electron chi connectivity index (χ2n) is 7.41. The summed E-state index contributed by atoms with van der Waals surface area (Å²) in [7, 11) is 0. The smallest absolute Gasteiger partial charge is 0.409 e. The van der Waals surface area contributed by atoms with E-state index >= 15 is 0 Å². The highest BCUT2D eigenvalue weighted by Crippen LogP contribution is 2.25. The number of para-hydroxylation sites is 1. The molecule has 1 aliphatic rings. The first-order valence-electron chi connectivity index (χ1n) is 10.7. The van der Waals surface area contributed by atoms with Gasteiger partial charge in [0, 0.05) is 25.7 Å². The Bertz CT molecular complexity index is 655. The van der Waals surface area contributed by atoms with Crippen LogP contribution in [0, 0.1) is 0 Å². The molecule has 0 saturated carbocycles. The Labute approximate surface area is 174 Å². The van der Waals surface area contributed by atoms with Gasteiger partial charge in [-0.3, -0.25) is 0 Å². The fraction of sp³-hybridized carbons (Fsp3) is 0.636. The molecular weight excluding hydrogens is 368 g/mol. The minimum Gasteiger partial charge on any atom is -0.491 e. The highest BCUT2D eigenvalue weighted by atomic mass is 16.6. The van der Waals surface area contributed by atoms with E-state index in [-0.39, 0.29) is 6.09 Å². The predicted octanol–water partition coefficient (Wildman–Crippen LogP) is 3.36. The predicted molar refractivity (Wildman–Crippen MR) is 117 cm³/mol. The van der Waals surface area contributed by atoms with Crippen molar-refractivity contribution in [2.75, 3.05) is 39.4 Å². The van der Waals surface area contributed by atoms with Gasteiger partial charge in [0.15, 0.2) is 5.96 Å². The van der Waals surface area contributed by atoms with Gasteiger partial charge >= 0.3 is 6.09 Å². The number of nitrogens with one attached hydrogen (secondary N) is 2. The van der Waals surface area contributed by atoms with Crippen LogP contribution in [0.2, 0.25) is 0 Å². The van der Waals surface area contributed by atoms with Gasteiger partial charge < -0.3 is 25.0 Å². The molecule has 0 radical (unpaired) electrons. The number of hydrogen-bond acceptors (Lipinski definition) is 4. The van der Waals surface area contributed by atoms with Gasteiger partial charge in [0.25, 0.3) is 0 Å². The van der Waals surface area contributed by atoms with E-state index in [0.29, 0.717) is 44.8 Å². The molecule has 2 N–H and O–H groups in total. The summed E-state index contributed by atoms with van der Waals surface area (Å²) < 4.78 is 11.0. The minimum absolute atomic E-state index is 0.217. The van der Waals surface area contributed by atoms with E-state index < -0.39 is 0 Å². The zero-order valence-corrected chi connectivity index (χ0v) is 18.2. The molecule has 1 aromatic carbocycles. The van der Waals surface area contributed by atoms with Crippen LogP contribution in [0.5, 0.6) is 5.75 Å². The Kier molecular flexibility index (Phi) is 9.60. The summed E-state index contributed by atoms with van der Waals surface area (Å²) in [5.41, 5.74) is 1.22. The first-order chi connectivity index (χ1) is 14.0. The SMILES string of the molecule is CCNC(=NCCOc1ccccc1C(C)C)NC1CCN(C(=O)OCC)CC1. The third-order valence-corrected chi connectivity index (χ3v) is 4.87. The molecule has 7 nitrogen and oxygen atoms in total. The molecule has 1 amide bonds. The largest absolute Gasteiger partial charge is 0.491 e. The highest BCUT2D eigenvalue weighted by molar-refractivity contribution is 5.80. The molecule has 0 aliphatic carbocycles. The van der Waals surface area contributed by atoms with Gasteiger partial charge in [0.2, 0.25) is 0 Å². The molecule has 1 aromatic rings. The van der Waals surface area contributed by atoms with E-state index in [2.05, 4.69) is 42.5 Å². The Morgan fingerprint density at radius 3 is 2.62 bits per heavy atom. The molecule has 1 aliphatic heterocycles. The maximum absolute atomic E-state index is 11.8. The molecule has 0 bridgehead atoms. The molecule has 0 atom stereocenters. The lowest BCUT2D eigenvalue weighted by molar-refractivity contribution is 0.0963. The summed E-state index contributed by atoms with van der Waals surface area (Å²) in [6.45, 7) is 11.9. The monoisotopic (exact) mass is 404 g/mol. The first kappa shape index (κ1) is 22.8. The third kappa shape index (κ3) is 7.48. The molecule has 0 spiro atoms. The van der Waals surface area contributed by atoms with Crippen molar-refractivity contribution in [1.29, 1.82) is 0 Å². The topological polar surface area (TPSA) is 75.2 Å². The van der Waals surface area contributed by atoms with Gasteiger partial charge in [-0.1, -0.05) is 32.0 Å². The van der Waals surface area contributed by atoms with Gasteiger partial charge in [-0.05, 0) is 44.2 Å². The summed E-state index contributed by atoms with van der Waals surface area (Å²) in [5, 5.41) is 6.77. The van der Waals surface area contributed by atoms with Crippen molar-refractivity contribution in [3.8, 4) is 5.75 Å². The van der Waals surface area contributed by atoms with E-state index in [1.807, 2.05) is 25.1 Å². The van der Waals surface area contributed by atoms with Crippen LogP contribution in [0.4, 0.5) is 4.79 Å². The average molecular weight is 405 g/mol. The van der Waals surface area contributed by atoms with E-state index in [9.17, 15) is 4.79 Å². The number of carbonyl (C=O) groups excluding carboxylic acids is 1. The zero-order valence-electron chi connectivity index (χ0n) is 18.2. The summed E-state index contributed by atoms with van der Waals surface area (Å²) in [4.78, 5) is 18.2. The van der Waals surface area contributed by atoms with Crippen molar-refractivity contribution >= 4 is 12.1 Å². The molecule has 7 heteroatoms. The zero-order chi connectivity index (χ0) is 21.1. The molecule has 0 aromatic heterocycles. The molecule has 2 rings (SSSR count). The Morgan fingerprint density at radius 1 is 1.24 bits per heavy atom. The van der Waals surface area contributed by atoms with Crippen LogP contribution in [0.25, 0.3) is 0 Å². The third-order valence-electron chi connectivity index (χ3n) is 4.87. The van der Waals surface area contributed by atoms with Crippen molar-refractivity contribution < 1.29 is 14.3 Å². The number of guanidine groups is 1. The lowest BCUT2D eigenvalue weighted by Crippen LogP contribution is -2.50. The van der Waals surface area contributed by atoms with Crippen molar-refractivity contribution in [3.05, 3.63) is 29.8 Å². The number of likely N-dealkylation sites (tertiary alicyclic amines) is 1. The fourth-order valence-corrected chi connectivity index (χ4v) is 3.34. The van der Waals surface area contributed by atoms with Gasteiger partial charge in [-0.15, -0.1) is 0 Å². The standard InChI is InChI=1S/C22H36N4O3/c1-5-23-21(25-18-11-14-26(15-12-18)22(27)28-6-2)24-13-16-29-20-10-8-7-9-19(20)17(3)4/h7-10,17-18H,5-6,11-16H2,1-4H3,(H2,23,24,25). The number of hydrogen-bond donors (Lipinski definition) is 2. The number of benzene rings is 1. The highest BCUT2D eigenvalue weighted by Gasteiger charge is 2.24. The van der Waals surface area contributed by atoms with Crippen LogP contribution in [0.3, 0.4) is 0 Å². The Morgan fingerprint density at radius 2 is 1.97 bits per heavy atom. The summed E-state index contributed by atoms with van der Waals surface area (Å²) >= 11 is 0. The number of carbonyl (C=O) groups is 1. The molecule has 162 valence electrons. The minimum atomic E-state index is -0.217. The molecule has 1 heterocycles. The molecule has 1 saturated heterocycles. The summed E-state index contributed by atoms with van der Waals surface area (Å²) in [5.74, 6) is 2.15. The Balaban J connectivity index is 1.81. The van der Waals surface area contributed by atoms with Crippen LogP contribution in [0.15, 0.2) is 29.3 Å². The normalized spacial score (nSPS) is 15.3. The van der Waals surface area contributed by atoms with Gasteiger partial charge in [0.05, 0.1) is 13.2 Å². The fourth-order valence-electron chi connectivity index (χ4n) is 3.34. The van der Waals surface area contributed by atoms with Crippen LogP contribution in [-0.4, -0.2) is 62.4 Å². The van der Waals surface area contributed by atoms with Crippen LogP contribution in [-0.2, 0) is 4.74 Å². The van der Waals surface area contributed by atoms with E-state index in [1.54, 1.807) is 4.90 Å². The number of aliphatic imine (C=N–C) groups is 1. The lowest BCUT2D eigenvalue weighted by Gasteiger charge is -2.32. The van der Waals surface area contributed by atoms with Crippen LogP contribution in [0.1, 0.15) is 52.0 Å². The second-order valence-corrected chi connectivity index (χ2v) is 7.41. The van der Waals surface area contributed by atoms with Crippen LogP contribution < -0.4 is 15.4 Å². The number of amides is 1. The van der Waals surface area contributed by atoms with Crippen molar-refractivity contribution in [2.45, 2.75) is 52.5 Å². The molecule has 1 fully saturated rings. The van der Waals surface area contributed by atoms with Crippen molar-refractivity contribution in [1.82, 2.24) is 15.5 Å². The van der Waals surface area contributed by atoms with E-state index in [0.717, 1.165) is 31.1 Å². The van der Waals surface area contributed by atoms with Crippen LogP contribution >= 0.6 is 0 Å². The van der Waals surface area contributed by atoms with Gasteiger partial charge in [-0.25, -0.2) is 9.79 Å². The van der Waals surface area contributed by atoms with Gasteiger partial charge in [-0.2, -0.15) is 0 Å². The Hall–Kier alpha value is -2.44. The summed E-state index contributed by atoms with van der Waals surface area (Å²) in [6, 6.07) is 8.46. The number of piperidine rings is 1. The molecule has 0 unspecified atom stereocenters. The quantitative estimate of drug-likeness (QED) is 0.395. The first-order valence-corrected chi connectivity index (χ1v) is 10.7. The number of rotatable bonds is 8. The average Bonchev–Trinajstić information content (AvgIpc) is 2.72. The maximum atomic E-state index is 11.8. The van der Waals surface area contributed by atoms with E-state index in [1.165, 1.54) is 5.56 Å². The van der Waals surface area contributed by atoms with E-state index in [4.69, 9.17) is 9.47 Å². The summed E-state index contributed by atoms with van der Waals surface area (Å²) in [6.07, 6.45) is 1.54. The van der Waals surface area contributed by atoms with Gasteiger partial charge in [0.1, 0.15) is 12.4 Å². The van der Waals surface area contributed by atoms with Crippen molar-refractivity contribution in [2.24, 2.45) is 4.99 Å². The second kappa shape index (κ2) is 12.2. The number of nitrogens with zero attached hydrogens (tertiary/aromatic N) is 2. The molecular formula is C22H36N4O3. The lowest BCUT2D eigenvalue weighted by atomic mass is 10.0. The van der Waals surface area contributed by atoms with Crippen molar-refractivity contribution in [3.63, 3.8) is 0 Å². The molecule has 29 heavy (non-hydrogen) atoms. The number of ether oxygens (including phenoxy) is 2. The maximum Gasteiger partial charge on any atom is 0.409 e.